The summed E-state index contributed by atoms with van der Waals surface area (Å²) >= 11 is 0. The van der Waals surface area contributed by atoms with E-state index in [9.17, 15) is 0 Å². The van der Waals surface area contributed by atoms with Crippen LogP contribution in [0.3, 0.4) is 0 Å². The van der Waals surface area contributed by atoms with Crippen molar-refractivity contribution in [1.82, 2.24) is 14.0 Å². The van der Waals surface area contributed by atoms with E-state index in [1.54, 1.807) is 0 Å². The molecule has 0 aliphatic carbocycles. The number of unbranched alkanes of at least 4 members (excludes halogenated alkanes) is 3. The van der Waals surface area contributed by atoms with Gasteiger partial charge in [-0.2, -0.15) is 0 Å². The van der Waals surface area contributed by atoms with E-state index in [1.165, 1.54) is 58.2 Å². The fraction of sp³-hybridized carbons (Fsp3) is 1.00. The lowest BCUT2D eigenvalue weighted by Crippen LogP contribution is -2.72. The Morgan fingerprint density at radius 1 is 0.889 bits per heavy atom. The third kappa shape index (κ3) is 4.65. The molecule has 1 saturated heterocycles. The van der Waals surface area contributed by atoms with E-state index in [0.29, 0.717) is 6.29 Å². The van der Waals surface area contributed by atoms with Crippen LogP contribution in [0.25, 0.3) is 0 Å². The van der Waals surface area contributed by atoms with Crippen LogP contribution in [0.4, 0.5) is 0 Å². The van der Waals surface area contributed by atoms with Gasteiger partial charge in [0.15, 0.2) is 9.84 Å². The molecule has 0 saturated carbocycles. The van der Waals surface area contributed by atoms with E-state index in [1.807, 2.05) is 0 Å². The number of rotatable bonds is 10. The summed E-state index contributed by atoms with van der Waals surface area (Å²) < 4.78 is 5.55. The first-order valence-electron chi connectivity index (χ1n) is 7.92. The second-order valence-corrected chi connectivity index (χ2v) is 7.56. The zero-order valence-corrected chi connectivity index (χ0v) is 14.4. The van der Waals surface area contributed by atoms with E-state index >= 15 is 0 Å². The highest BCUT2D eigenvalue weighted by molar-refractivity contribution is 6.32. The Balaban J connectivity index is 2.40. The van der Waals surface area contributed by atoms with Crippen molar-refractivity contribution in [2.45, 2.75) is 65.6 Å². The van der Waals surface area contributed by atoms with E-state index in [0.717, 1.165) is 0 Å². The average molecular weight is 272 g/mol. The van der Waals surface area contributed by atoms with Crippen molar-refractivity contribution in [3.05, 3.63) is 0 Å². The van der Waals surface area contributed by atoms with Crippen molar-refractivity contribution in [3.63, 3.8) is 0 Å². The van der Waals surface area contributed by atoms with Gasteiger partial charge in [-0.05, 0) is 39.4 Å². The maximum absolute atomic E-state index is 2.77. The van der Waals surface area contributed by atoms with Gasteiger partial charge in [0.2, 0.25) is 0 Å². The Labute approximate surface area is 116 Å². The number of nitrogens with zero attached hydrogens (tertiary/aromatic N) is 3. The van der Waals surface area contributed by atoms with E-state index in [4.69, 9.17) is 0 Å². The molecule has 3 nitrogen and oxygen atoms in total. The normalized spacial score (nSPS) is 22.8. The van der Waals surface area contributed by atoms with Gasteiger partial charge in [-0.25, -0.2) is 0 Å². The number of hydrogen-bond acceptors (Lipinski definition) is 3. The first kappa shape index (κ1) is 16.2. The summed E-state index contributed by atoms with van der Waals surface area (Å²) in [4.78, 5) is 2.57. The highest BCUT2D eigenvalue weighted by Crippen LogP contribution is 2.21. The van der Waals surface area contributed by atoms with Crippen LogP contribution < -0.4 is 0 Å². The molecule has 1 heterocycles. The molecule has 4 heteroatoms. The molecule has 1 fully saturated rings. The van der Waals surface area contributed by atoms with E-state index < -0.39 is 0 Å². The van der Waals surface area contributed by atoms with Crippen LogP contribution in [-0.2, 0) is 0 Å². The summed E-state index contributed by atoms with van der Waals surface area (Å²) in [7, 11) is 2.22. The van der Waals surface area contributed by atoms with Gasteiger partial charge in [0.05, 0.1) is 0 Å². The molecule has 0 aromatic rings. The Hall–Kier alpha value is 0.0969. The molecule has 0 aromatic heterocycles. The second-order valence-electron chi connectivity index (χ2n) is 5.65. The van der Waals surface area contributed by atoms with Crippen LogP contribution in [0.1, 0.15) is 59.3 Å². The summed E-state index contributed by atoms with van der Waals surface area (Å²) in [6.07, 6.45) is 8.66. The van der Waals surface area contributed by atoms with E-state index in [-0.39, 0.29) is 9.84 Å². The summed E-state index contributed by atoms with van der Waals surface area (Å²) in [5.74, 6) is 0. The molecule has 0 spiro atoms. The average Bonchev–Trinajstić information content (AvgIpc) is 2.34. The predicted molar refractivity (Wildman–Crippen MR) is 83.1 cm³/mol. The molecular weight excluding hydrogens is 238 g/mol. The summed E-state index contributed by atoms with van der Waals surface area (Å²) in [6, 6.07) is 0. The largest absolute Gasteiger partial charge is 0.289 e. The molecular formula is C14H33N3Si. The first-order chi connectivity index (χ1) is 8.74. The van der Waals surface area contributed by atoms with Crippen LogP contribution in [0, 0.1) is 0 Å². The molecule has 0 radical (unpaired) electrons. The fourth-order valence-corrected chi connectivity index (χ4v) is 4.89. The minimum Gasteiger partial charge on any atom is -0.289 e. The summed E-state index contributed by atoms with van der Waals surface area (Å²) in [5, 5.41) is 0. The summed E-state index contributed by atoms with van der Waals surface area (Å²) in [6.45, 7) is 10.8. The number of hydrogen-bond donors (Lipinski definition) is 0. The third-order valence-corrected chi connectivity index (χ3v) is 5.89. The molecule has 0 bridgehead atoms. The minimum absolute atomic E-state index is 0.0962. The lowest BCUT2D eigenvalue weighted by molar-refractivity contribution is -0.0304. The van der Waals surface area contributed by atoms with Crippen molar-refractivity contribution >= 4 is 9.84 Å². The van der Waals surface area contributed by atoms with Crippen molar-refractivity contribution in [3.8, 4) is 0 Å². The van der Waals surface area contributed by atoms with Crippen LogP contribution in [0.5, 0.6) is 0 Å². The second kappa shape index (κ2) is 9.07. The first-order valence-corrected chi connectivity index (χ1v) is 9.19. The van der Waals surface area contributed by atoms with Crippen molar-refractivity contribution in [1.29, 1.82) is 0 Å². The van der Waals surface area contributed by atoms with Gasteiger partial charge >= 0.3 is 0 Å². The predicted octanol–water partition coefficient (Wildman–Crippen LogP) is 2.22. The quantitative estimate of drug-likeness (QED) is 0.564. The molecule has 18 heavy (non-hydrogen) atoms. The van der Waals surface area contributed by atoms with Gasteiger partial charge in [-0.3, -0.25) is 14.0 Å². The van der Waals surface area contributed by atoms with Gasteiger partial charge < -0.3 is 0 Å². The maximum atomic E-state index is 2.77. The molecule has 0 unspecified atom stereocenters. The monoisotopic (exact) mass is 271 g/mol. The minimum atomic E-state index is -0.0962. The SMILES string of the molecule is CCCCN(C)C1N(CCCC)[SiH2]N1CCCC. The Morgan fingerprint density at radius 3 is 1.83 bits per heavy atom. The topological polar surface area (TPSA) is 9.72 Å². The van der Waals surface area contributed by atoms with Crippen molar-refractivity contribution in [2.24, 2.45) is 0 Å². The maximum Gasteiger partial charge on any atom is 0.177 e. The zero-order chi connectivity index (χ0) is 13.4. The smallest absolute Gasteiger partial charge is 0.177 e. The fourth-order valence-electron chi connectivity index (χ4n) is 2.69. The summed E-state index contributed by atoms with van der Waals surface area (Å²) in [5.41, 5.74) is 0. The lowest BCUT2D eigenvalue weighted by atomic mass is 10.3. The van der Waals surface area contributed by atoms with Crippen molar-refractivity contribution in [2.75, 3.05) is 26.7 Å². The molecule has 0 aromatic carbocycles. The molecule has 1 aliphatic rings. The van der Waals surface area contributed by atoms with Gasteiger partial charge in [0.1, 0.15) is 6.29 Å². The Morgan fingerprint density at radius 2 is 1.39 bits per heavy atom. The molecule has 108 valence electrons. The zero-order valence-electron chi connectivity index (χ0n) is 13.0. The van der Waals surface area contributed by atoms with Gasteiger partial charge in [-0.15, -0.1) is 0 Å². The molecule has 1 aliphatic heterocycles. The van der Waals surface area contributed by atoms with E-state index in [2.05, 4.69) is 41.8 Å². The molecule has 0 N–H and O–H groups in total. The van der Waals surface area contributed by atoms with Gasteiger partial charge in [0.25, 0.3) is 0 Å². The van der Waals surface area contributed by atoms with Crippen LogP contribution in [0.2, 0.25) is 0 Å². The standard InChI is InChI=1S/C14H33N3Si/c1-5-8-11-15(4)14-16(12-9-6-2)18-17(14)13-10-7-3/h14H,5-13,18H2,1-4H3. The molecule has 0 atom stereocenters. The van der Waals surface area contributed by atoms with Crippen LogP contribution in [-0.4, -0.2) is 56.8 Å². The Bertz CT molecular complexity index is 185. The molecule has 1 rings (SSSR count). The Kier molecular flexibility index (Phi) is 8.14. The van der Waals surface area contributed by atoms with Crippen molar-refractivity contribution < 1.29 is 0 Å². The lowest BCUT2D eigenvalue weighted by Gasteiger charge is -2.55. The highest BCUT2D eigenvalue weighted by atomic mass is 28.2. The van der Waals surface area contributed by atoms with Crippen LogP contribution >= 0.6 is 0 Å². The van der Waals surface area contributed by atoms with Crippen LogP contribution in [0.15, 0.2) is 0 Å². The van der Waals surface area contributed by atoms with Gasteiger partial charge in [0, 0.05) is 6.54 Å². The highest BCUT2D eigenvalue weighted by Gasteiger charge is 2.37. The third-order valence-electron chi connectivity index (χ3n) is 3.87. The van der Waals surface area contributed by atoms with Gasteiger partial charge in [-0.1, -0.05) is 40.0 Å². The molecule has 0 amide bonds.